The molecule has 1 saturated heterocycles. The number of ether oxygens (including phenoxy) is 1. The lowest BCUT2D eigenvalue weighted by Gasteiger charge is -2.24. The van der Waals surface area contributed by atoms with Gasteiger partial charge < -0.3 is 10.1 Å². The van der Waals surface area contributed by atoms with Gasteiger partial charge in [0.25, 0.3) is 0 Å². The smallest absolute Gasteiger partial charge is 0.132 e. The van der Waals surface area contributed by atoms with Gasteiger partial charge in [-0.1, -0.05) is 15.9 Å². The molecule has 2 nitrogen and oxygen atoms in total. The largest absolute Gasteiger partial charge is 0.380 e. The summed E-state index contributed by atoms with van der Waals surface area (Å²) in [5.74, 6) is 0.228. The molecule has 0 unspecified atom stereocenters. The Bertz CT molecular complexity index is 391. The van der Waals surface area contributed by atoms with E-state index in [1.807, 2.05) is 6.07 Å². The summed E-state index contributed by atoms with van der Waals surface area (Å²) in [5.41, 5.74) is 1.46. The van der Waals surface area contributed by atoms with Gasteiger partial charge >= 0.3 is 0 Å². The Labute approximate surface area is 110 Å². The van der Waals surface area contributed by atoms with Crippen molar-refractivity contribution in [3.8, 4) is 0 Å². The zero-order valence-electron chi connectivity index (χ0n) is 9.93. The van der Waals surface area contributed by atoms with Gasteiger partial charge in [0.2, 0.25) is 0 Å². The van der Waals surface area contributed by atoms with Crippen LogP contribution < -0.4 is 5.32 Å². The van der Waals surface area contributed by atoms with Crippen molar-refractivity contribution in [3.05, 3.63) is 33.5 Å². The van der Waals surface area contributed by atoms with Crippen molar-refractivity contribution >= 4 is 15.9 Å². The third-order valence-electron chi connectivity index (χ3n) is 3.22. The predicted molar refractivity (Wildman–Crippen MR) is 69.7 cm³/mol. The second-order valence-electron chi connectivity index (χ2n) is 4.43. The van der Waals surface area contributed by atoms with E-state index in [9.17, 15) is 4.39 Å². The number of nitrogens with one attached hydrogen (secondary N) is 1. The first-order valence-corrected chi connectivity index (χ1v) is 6.69. The molecule has 94 valence electrons. The molecule has 0 spiro atoms. The van der Waals surface area contributed by atoms with Gasteiger partial charge in [0.15, 0.2) is 0 Å². The Morgan fingerprint density at radius 3 is 2.76 bits per heavy atom. The van der Waals surface area contributed by atoms with Crippen molar-refractivity contribution in [1.82, 2.24) is 5.32 Å². The Morgan fingerprint density at radius 1 is 1.41 bits per heavy atom. The maximum Gasteiger partial charge on any atom is 0.132 e. The zero-order valence-corrected chi connectivity index (χ0v) is 11.5. The first kappa shape index (κ1) is 13.0. The average Bonchev–Trinajstić information content (AvgIpc) is 2.35. The fraction of sp³-hybridized carbons (Fsp3) is 0.538. The predicted octanol–water partition coefficient (Wildman–Crippen LogP) is 3.20. The summed E-state index contributed by atoms with van der Waals surface area (Å²) in [6.07, 6.45) is 2.00. The highest BCUT2D eigenvalue weighted by Crippen LogP contribution is 2.31. The second-order valence-corrected chi connectivity index (χ2v) is 5.34. The highest BCUT2D eigenvalue weighted by Gasteiger charge is 2.21. The third kappa shape index (κ3) is 3.06. The van der Waals surface area contributed by atoms with Gasteiger partial charge in [0, 0.05) is 17.1 Å². The van der Waals surface area contributed by atoms with E-state index in [1.165, 1.54) is 0 Å². The van der Waals surface area contributed by atoms with Crippen LogP contribution in [0.2, 0.25) is 0 Å². The molecule has 0 atom stereocenters. The highest BCUT2D eigenvalue weighted by atomic mass is 79.9. The maximum atomic E-state index is 14.3. The van der Waals surface area contributed by atoms with Gasteiger partial charge in [-0.3, -0.25) is 0 Å². The van der Waals surface area contributed by atoms with E-state index in [-0.39, 0.29) is 5.82 Å². The minimum absolute atomic E-state index is 0.0954. The van der Waals surface area contributed by atoms with E-state index in [4.69, 9.17) is 4.74 Å². The van der Waals surface area contributed by atoms with Crippen molar-refractivity contribution in [1.29, 1.82) is 0 Å². The Hall–Kier alpha value is -0.450. The number of hydrogen-bond donors (Lipinski definition) is 1. The lowest BCUT2D eigenvalue weighted by atomic mass is 9.89. The fourth-order valence-electron chi connectivity index (χ4n) is 2.36. The monoisotopic (exact) mass is 301 g/mol. The van der Waals surface area contributed by atoms with Crippen LogP contribution in [0.5, 0.6) is 0 Å². The quantitative estimate of drug-likeness (QED) is 0.926. The molecular weight excluding hydrogens is 285 g/mol. The van der Waals surface area contributed by atoms with Crippen molar-refractivity contribution in [2.45, 2.75) is 25.4 Å². The number of halogens is 2. The number of methoxy groups -OCH3 is 1. The molecule has 4 heteroatoms. The highest BCUT2D eigenvalue weighted by molar-refractivity contribution is 9.10. The summed E-state index contributed by atoms with van der Waals surface area (Å²) in [4.78, 5) is 0. The molecule has 1 aromatic rings. The number of hydrogen-bond acceptors (Lipinski definition) is 2. The van der Waals surface area contributed by atoms with Crippen LogP contribution >= 0.6 is 15.9 Å². The molecule has 1 N–H and O–H groups in total. The first-order chi connectivity index (χ1) is 8.22. The van der Waals surface area contributed by atoms with Gasteiger partial charge in [-0.15, -0.1) is 0 Å². The molecular formula is C13H17BrFNO. The lowest BCUT2D eigenvalue weighted by Crippen LogP contribution is -2.27. The van der Waals surface area contributed by atoms with Crippen LogP contribution in [0.15, 0.2) is 16.6 Å². The van der Waals surface area contributed by atoms with Crippen LogP contribution in [0.3, 0.4) is 0 Å². The number of benzene rings is 1. The molecule has 2 rings (SSSR count). The van der Waals surface area contributed by atoms with Crippen LogP contribution in [0.1, 0.15) is 29.9 Å². The van der Waals surface area contributed by atoms with E-state index in [2.05, 4.69) is 21.2 Å². The van der Waals surface area contributed by atoms with Crippen molar-refractivity contribution < 1.29 is 9.13 Å². The van der Waals surface area contributed by atoms with Gasteiger partial charge in [0.05, 0.1) is 6.61 Å². The van der Waals surface area contributed by atoms with Crippen LogP contribution in [0, 0.1) is 5.82 Å². The molecule has 0 aliphatic carbocycles. The average molecular weight is 302 g/mol. The van der Waals surface area contributed by atoms with Crippen LogP contribution in [0.25, 0.3) is 0 Å². The minimum Gasteiger partial charge on any atom is -0.380 e. The number of piperidine rings is 1. The Balaban J connectivity index is 2.31. The summed E-state index contributed by atoms with van der Waals surface area (Å²) >= 11 is 3.45. The maximum absolute atomic E-state index is 14.3. The van der Waals surface area contributed by atoms with Crippen LogP contribution in [-0.4, -0.2) is 20.2 Å². The summed E-state index contributed by atoms with van der Waals surface area (Å²) < 4.78 is 20.3. The molecule has 0 bridgehead atoms. The molecule has 0 aromatic heterocycles. The summed E-state index contributed by atoms with van der Waals surface area (Å²) in [7, 11) is 1.59. The summed E-state index contributed by atoms with van der Waals surface area (Å²) in [6.45, 7) is 2.26. The molecule has 0 radical (unpaired) electrons. The van der Waals surface area contributed by atoms with Crippen LogP contribution in [-0.2, 0) is 11.3 Å². The van der Waals surface area contributed by atoms with Crippen molar-refractivity contribution in [2.24, 2.45) is 0 Å². The van der Waals surface area contributed by atoms with E-state index >= 15 is 0 Å². The van der Waals surface area contributed by atoms with Gasteiger partial charge in [0.1, 0.15) is 5.82 Å². The second kappa shape index (κ2) is 5.94. The molecule has 1 heterocycles. The zero-order chi connectivity index (χ0) is 12.3. The molecule has 17 heavy (non-hydrogen) atoms. The minimum atomic E-state index is -0.0954. The van der Waals surface area contributed by atoms with E-state index < -0.39 is 0 Å². The molecule has 0 amide bonds. The number of rotatable bonds is 3. The van der Waals surface area contributed by atoms with E-state index in [0.29, 0.717) is 18.1 Å². The van der Waals surface area contributed by atoms with Crippen molar-refractivity contribution in [2.75, 3.05) is 20.2 Å². The molecule has 1 aromatic carbocycles. The third-order valence-corrected chi connectivity index (χ3v) is 3.68. The normalized spacial score (nSPS) is 17.4. The molecule has 1 fully saturated rings. The van der Waals surface area contributed by atoms with Gasteiger partial charge in [-0.2, -0.15) is 0 Å². The fourth-order valence-corrected chi connectivity index (χ4v) is 2.88. The van der Waals surface area contributed by atoms with E-state index in [1.54, 1.807) is 13.2 Å². The van der Waals surface area contributed by atoms with Crippen molar-refractivity contribution in [3.63, 3.8) is 0 Å². The molecule has 0 saturated carbocycles. The first-order valence-electron chi connectivity index (χ1n) is 5.90. The standard InChI is InChI=1S/C13H17BrFNO/c1-17-8-10-6-11(14)7-12(13(10)15)9-2-4-16-5-3-9/h6-7,9,16H,2-5,8H2,1H3. The lowest BCUT2D eigenvalue weighted by molar-refractivity contribution is 0.181. The topological polar surface area (TPSA) is 21.3 Å². The van der Waals surface area contributed by atoms with E-state index in [0.717, 1.165) is 36.0 Å². The van der Waals surface area contributed by atoms with Crippen LogP contribution in [0.4, 0.5) is 4.39 Å². The summed E-state index contributed by atoms with van der Waals surface area (Å²) in [5, 5.41) is 3.30. The van der Waals surface area contributed by atoms with Gasteiger partial charge in [-0.05, 0) is 49.5 Å². The van der Waals surface area contributed by atoms with Gasteiger partial charge in [-0.25, -0.2) is 4.39 Å². The molecule has 1 aliphatic rings. The Morgan fingerprint density at radius 2 is 2.12 bits per heavy atom. The summed E-state index contributed by atoms with van der Waals surface area (Å²) in [6, 6.07) is 3.70. The molecule has 1 aliphatic heterocycles. The SMILES string of the molecule is COCc1cc(Br)cc(C2CCNCC2)c1F. The Kier molecular flexibility index (Phi) is 4.54.